The molecule has 2 aromatic rings. The number of anilines is 1. The molecule has 1 amide bonds. The molecule has 1 fully saturated rings. The Bertz CT molecular complexity index is 843. The number of hydrogen-bond donors (Lipinski definition) is 0. The number of para-hydroxylation sites is 1. The molecule has 1 atom stereocenters. The Balaban J connectivity index is 1.74. The Labute approximate surface area is 146 Å². The quantitative estimate of drug-likeness (QED) is 0.488. The third-order valence-electron chi connectivity index (χ3n) is 4.25. The molecule has 25 heavy (non-hydrogen) atoms. The summed E-state index contributed by atoms with van der Waals surface area (Å²) >= 11 is 0. The van der Waals surface area contributed by atoms with Crippen molar-refractivity contribution in [1.82, 2.24) is 0 Å². The molecule has 1 heterocycles. The van der Waals surface area contributed by atoms with Gasteiger partial charge in [-0.25, -0.2) is 0 Å². The van der Waals surface area contributed by atoms with Crippen molar-refractivity contribution in [1.29, 1.82) is 0 Å². The summed E-state index contributed by atoms with van der Waals surface area (Å²) in [5.41, 5.74) is 2.19. The number of amides is 1. The lowest BCUT2D eigenvalue weighted by atomic mass is 10.1. The minimum Gasteiger partial charge on any atom is -0.425 e. The van der Waals surface area contributed by atoms with Crippen molar-refractivity contribution in [2.24, 2.45) is 5.92 Å². The van der Waals surface area contributed by atoms with Gasteiger partial charge in [0.25, 0.3) is 0 Å². The van der Waals surface area contributed by atoms with Crippen LogP contribution in [0.3, 0.4) is 0 Å². The fourth-order valence-corrected chi connectivity index (χ4v) is 2.95. The van der Waals surface area contributed by atoms with Crippen LogP contribution in [0.15, 0.2) is 48.5 Å². The number of carbonyl (C=O) groups excluding carboxylic acids is 3. The highest BCUT2D eigenvalue weighted by Gasteiger charge is 2.36. The minimum atomic E-state index is -0.548. The molecule has 0 aromatic heterocycles. The van der Waals surface area contributed by atoms with Gasteiger partial charge in [0.2, 0.25) is 5.91 Å². The number of aryl methyl sites for hydroxylation is 1. The number of Topliss-reactive ketones (excluding diaryl/α,β-unsaturated/α-hetero) is 1. The molecule has 1 aliphatic rings. The van der Waals surface area contributed by atoms with Crippen LogP contribution in [0.2, 0.25) is 0 Å². The van der Waals surface area contributed by atoms with Crippen molar-refractivity contribution in [3.8, 4) is 5.75 Å². The first kappa shape index (κ1) is 16.9. The van der Waals surface area contributed by atoms with Crippen LogP contribution < -0.4 is 9.64 Å². The van der Waals surface area contributed by atoms with E-state index < -0.39 is 11.9 Å². The summed E-state index contributed by atoms with van der Waals surface area (Å²) in [5.74, 6) is -1.08. The maximum Gasteiger partial charge on any atom is 0.316 e. The SMILES string of the molecule is CC(=O)c1ccccc1OC(=O)[C@@H]1CC(=O)N(c2cccc(C)c2)C1. The molecule has 3 rings (SSSR count). The van der Waals surface area contributed by atoms with E-state index in [1.165, 1.54) is 6.92 Å². The van der Waals surface area contributed by atoms with Crippen LogP contribution in [0.25, 0.3) is 0 Å². The smallest absolute Gasteiger partial charge is 0.316 e. The van der Waals surface area contributed by atoms with Crippen LogP contribution >= 0.6 is 0 Å². The van der Waals surface area contributed by atoms with Gasteiger partial charge in [0.1, 0.15) is 5.75 Å². The second kappa shape index (κ2) is 6.89. The molecule has 5 heteroatoms. The average Bonchev–Trinajstić information content (AvgIpc) is 2.97. The zero-order chi connectivity index (χ0) is 18.0. The molecular weight excluding hydrogens is 318 g/mol. The van der Waals surface area contributed by atoms with Crippen molar-refractivity contribution in [3.63, 3.8) is 0 Å². The summed E-state index contributed by atoms with van der Waals surface area (Å²) in [4.78, 5) is 38.0. The summed E-state index contributed by atoms with van der Waals surface area (Å²) < 4.78 is 5.41. The van der Waals surface area contributed by atoms with Crippen LogP contribution in [0.1, 0.15) is 29.3 Å². The standard InChI is InChI=1S/C20H19NO4/c1-13-6-5-7-16(10-13)21-12-15(11-19(21)23)20(24)25-18-9-4-3-8-17(18)14(2)22/h3-10,15H,11-12H2,1-2H3/t15-/m1/s1. The summed E-state index contributed by atoms with van der Waals surface area (Å²) in [5, 5.41) is 0. The van der Waals surface area contributed by atoms with Crippen molar-refractivity contribution >= 4 is 23.3 Å². The third-order valence-corrected chi connectivity index (χ3v) is 4.25. The van der Waals surface area contributed by atoms with Crippen molar-refractivity contribution in [3.05, 3.63) is 59.7 Å². The van der Waals surface area contributed by atoms with E-state index in [1.807, 2.05) is 31.2 Å². The number of rotatable bonds is 4. The van der Waals surface area contributed by atoms with Gasteiger partial charge in [0.15, 0.2) is 5.78 Å². The third kappa shape index (κ3) is 3.60. The number of ether oxygens (including phenoxy) is 1. The second-order valence-corrected chi connectivity index (χ2v) is 6.22. The van der Waals surface area contributed by atoms with E-state index >= 15 is 0 Å². The van der Waals surface area contributed by atoms with Gasteiger partial charge in [0, 0.05) is 18.7 Å². The Morgan fingerprint density at radius 2 is 1.88 bits per heavy atom. The Morgan fingerprint density at radius 1 is 1.12 bits per heavy atom. The number of benzene rings is 2. The average molecular weight is 337 g/mol. The van der Waals surface area contributed by atoms with E-state index in [0.29, 0.717) is 5.56 Å². The highest BCUT2D eigenvalue weighted by molar-refractivity contribution is 6.01. The fourth-order valence-electron chi connectivity index (χ4n) is 2.95. The first-order chi connectivity index (χ1) is 12.0. The molecule has 1 aliphatic heterocycles. The molecule has 0 radical (unpaired) electrons. The lowest BCUT2D eigenvalue weighted by Gasteiger charge is -2.17. The van der Waals surface area contributed by atoms with E-state index in [2.05, 4.69) is 0 Å². The van der Waals surface area contributed by atoms with Gasteiger partial charge in [-0.1, -0.05) is 24.3 Å². The van der Waals surface area contributed by atoms with Crippen LogP contribution in [-0.2, 0) is 9.59 Å². The minimum absolute atomic E-state index is 0.104. The molecule has 128 valence electrons. The number of esters is 1. The Hall–Kier alpha value is -2.95. The van der Waals surface area contributed by atoms with Crippen molar-refractivity contribution in [2.75, 3.05) is 11.4 Å². The molecular formula is C20H19NO4. The number of hydrogen-bond acceptors (Lipinski definition) is 4. The van der Waals surface area contributed by atoms with E-state index in [-0.39, 0.29) is 30.4 Å². The number of nitrogens with zero attached hydrogens (tertiary/aromatic N) is 1. The molecule has 0 unspecified atom stereocenters. The zero-order valence-corrected chi connectivity index (χ0v) is 14.2. The van der Waals surface area contributed by atoms with Crippen LogP contribution in [0, 0.1) is 12.8 Å². The largest absolute Gasteiger partial charge is 0.425 e. The monoisotopic (exact) mass is 337 g/mol. The van der Waals surface area contributed by atoms with Gasteiger partial charge in [-0.05, 0) is 43.7 Å². The van der Waals surface area contributed by atoms with Crippen molar-refractivity contribution < 1.29 is 19.1 Å². The first-order valence-electron chi connectivity index (χ1n) is 8.14. The molecule has 0 saturated carbocycles. The molecule has 0 N–H and O–H groups in total. The summed E-state index contributed by atoms with van der Waals surface area (Å²) in [6.45, 7) is 3.66. The summed E-state index contributed by atoms with van der Waals surface area (Å²) in [7, 11) is 0. The van der Waals surface area contributed by atoms with E-state index in [0.717, 1.165) is 11.3 Å². The highest BCUT2D eigenvalue weighted by Crippen LogP contribution is 2.28. The number of carbonyl (C=O) groups is 3. The van der Waals surface area contributed by atoms with Gasteiger partial charge in [-0.3, -0.25) is 14.4 Å². The van der Waals surface area contributed by atoms with E-state index in [9.17, 15) is 14.4 Å². The summed E-state index contributed by atoms with van der Waals surface area (Å²) in [6.07, 6.45) is 0.106. The molecule has 0 aliphatic carbocycles. The molecule has 0 spiro atoms. The highest BCUT2D eigenvalue weighted by atomic mass is 16.5. The topological polar surface area (TPSA) is 63.7 Å². The molecule has 0 bridgehead atoms. The summed E-state index contributed by atoms with van der Waals surface area (Å²) in [6, 6.07) is 14.2. The van der Waals surface area contributed by atoms with Gasteiger partial charge >= 0.3 is 5.97 Å². The number of ketones is 1. The second-order valence-electron chi connectivity index (χ2n) is 6.22. The predicted octanol–water partition coefficient (Wildman–Crippen LogP) is 3.16. The Morgan fingerprint density at radius 3 is 2.60 bits per heavy atom. The fraction of sp³-hybridized carbons (Fsp3) is 0.250. The Kier molecular flexibility index (Phi) is 4.65. The van der Waals surface area contributed by atoms with Crippen LogP contribution in [0.4, 0.5) is 5.69 Å². The molecule has 2 aromatic carbocycles. The van der Waals surface area contributed by atoms with E-state index in [1.54, 1.807) is 29.2 Å². The van der Waals surface area contributed by atoms with Crippen LogP contribution in [0.5, 0.6) is 5.75 Å². The lowest BCUT2D eigenvalue weighted by molar-refractivity contribution is -0.139. The van der Waals surface area contributed by atoms with E-state index in [4.69, 9.17) is 4.74 Å². The zero-order valence-electron chi connectivity index (χ0n) is 14.2. The first-order valence-corrected chi connectivity index (χ1v) is 8.14. The lowest BCUT2D eigenvalue weighted by Crippen LogP contribution is -2.27. The van der Waals surface area contributed by atoms with Gasteiger partial charge in [-0.15, -0.1) is 0 Å². The van der Waals surface area contributed by atoms with Crippen molar-refractivity contribution in [2.45, 2.75) is 20.3 Å². The predicted molar refractivity (Wildman–Crippen MR) is 93.7 cm³/mol. The molecule has 1 saturated heterocycles. The molecule has 5 nitrogen and oxygen atoms in total. The van der Waals surface area contributed by atoms with Gasteiger partial charge in [0.05, 0.1) is 11.5 Å². The van der Waals surface area contributed by atoms with Gasteiger partial charge < -0.3 is 9.64 Å². The maximum atomic E-state index is 12.5. The normalized spacial score (nSPS) is 16.8. The van der Waals surface area contributed by atoms with Crippen LogP contribution in [-0.4, -0.2) is 24.2 Å². The maximum absolute atomic E-state index is 12.5. The van der Waals surface area contributed by atoms with Gasteiger partial charge in [-0.2, -0.15) is 0 Å².